The van der Waals surface area contributed by atoms with Crippen LogP contribution < -0.4 is 10.6 Å². The van der Waals surface area contributed by atoms with Crippen molar-refractivity contribution in [3.63, 3.8) is 0 Å². The number of hydrogen-bond donors (Lipinski definition) is 2. The first-order valence-corrected chi connectivity index (χ1v) is 7.53. The molecule has 0 aliphatic rings. The van der Waals surface area contributed by atoms with E-state index in [1.54, 1.807) is 22.6 Å². The first-order valence-electron chi connectivity index (χ1n) is 6.45. The fourth-order valence-electron chi connectivity index (χ4n) is 1.55. The van der Waals surface area contributed by atoms with E-state index < -0.39 is 10.7 Å². The predicted octanol–water partition coefficient (Wildman–Crippen LogP) is 2.91. The highest BCUT2D eigenvalue weighted by molar-refractivity contribution is 14.1. The Bertz CT molecular complexity index is 538. The van der Waals surface area contributed by atoms with Crippen molar-refractivity contribution in [1.82, 2.24) is 5.32 Å². The van der Waals surface area contributed by atoms with Crippen LogP contribution >= 0.6 is 22.6 Å². The van der Waals surface area contributed by atoms with E-state index in [-0.39, 0.29) is 33.8 Å². The van der Waals surface area contributed by atoms with Crippen molar-refractivity contribution in [3.8, 4) is 0 Å². The van der Waals surface area contributed by atoms with Gasteiger partial charge >= 0.3 is 0 Å². The van der Waals surface area contributed by atoms with Gasteiger partial charge in [-0.05, 0) is 28.5 Å². The van der Waals surface area contributed by atoms with Gasteiger partial charge in [0.25, 0.3) is 5.69 Å². The Balaban J connectivity index is 2.61. The largest absolute Gasteiger partial charge is 0.379 e. The summed E-state index contributed by atoms with van der Waals surface area (Å²) in [5.41, 5.74) is -0.127. The van der Waals surface area contributed by atoms with E-state index in [1.807, 2.05) is 13.8 Å². The minimum Gasteiger partial charge on any atom is -0.379 e. The summed E-state index contributed by atoms with van der Waals surface area (Å²) >= 11 is 1.69. The molecule has 8 heteroatoms. The molecule has 1 amide bonds. The molecule has 0 aliphatic carbocycles. The van der Waals surface area contributed by atoms with Crippen LogP contribution in [0.1, 0.15) is 20.3 Å². The summed E-state index contributed by atoms with van der Waals surface area (Å²) in [6, 6.07) is 2.24. The van der Waals surface area contributed by atoms with Gasteiger partial charge in [-0.3, -0.25) is 14.9 Å². The Morgan fingerprint density at radius 3 is 2.71 bits per heavy atom. The number of anilines is 1. The minimum absolute atomic E-state index is 0.0783. The Kier molecular flexibility index (Phi) is 6.79. The molecule has 0 atom stereocenters. The molecule has 0 saturated carbocycles. The molecule has 0 aliphatic heterocycles. The molecule has 0 aromatic heterocycles. The Morgan fingerprint density at radius 1 is 1.48 bits per heavy atom. The van der Waals surface area contributed by atoms with Gasteiger partial charge in [-0.2, -0.15) is 0 Å². The number of halogens is 2. The predicted molar refractivity (Wildman–Crippen MR) is 86.7 cm³/mol. The third-order valence-corrected chi connectivity index (χ3v) is 3.44. The summed E-state index contributed by atoms with van der Waals surface area (Å²) in [7, 11) is 0. The van der Waals surface area contributed by atoms with E-state index in [0.29, 0.717) is 12.5 Å². The van der Waals surface area contributed by atoms with Gasteiger partial charge in [-0.1, -0.05) is 13.8 Å². The molecule has 0 unspecified atom stereocenters. The zero-order chi connectivity index (χ0) is 16.0. The monoisotopic (exact) mass is 409 g/mol. The van der Waals surface area contributed by atoms with E-state index in [0.717, 1.165) is 12.1 Å². The van der Waals surface area contributed by atoms with E-state index in [2.05, 4.69) is 10.6 Å². The molecule has 0 fully saturated rings. The average Bonchev–Trinajstić information content (AvgIpc) is 2.39. The molecule has 1 aromatic rings. The van der Waals surface area contributed by atoms with E-state index >= 15 is 0 Å². The fraction of sp³-hybridized carbons (Fsp3) is 0.462. The lowest BCUT2D eigenvalue weighted by Crippen LogP contribution is -2.28. The average molecular weight is 409 g/mol. The highest BCUT2D eigenvalue weighted by Gasteiger charge is 2.17. The van der Waals surface area contributed by atoms with Crippen LogP contribution in [0, 0.1) is 25.4 Å². The quantitative estimate of drug-likeness (QED) is 0.412. The zero-order valence-corrected chi connectivity index (χ0v) is 13.9. The lowest BCUT2D eigenvalue weighted by atomic mass is 10.2. The first kappa shape index (κ1) is 17.6. The molecular weight excluding hydrogens is 392 g/mol. The van der Waals surface area contributed by atoms with Gasteiger partial charge in [-0.25, -0.2) is 4.39 Å². The lowest BCUT2D eigenvalue weighted by Gasteiger charge is -2.10. The lowest BCUT2D eigenvalue weighted by molar-refractivity contribution is -0.384. The van der Waals surface area contributed by atoms with Gasteiger partial charge in [0, 0.05) is 31.6 Å². The molecule has 1 rings (SSSR count). The number of carbonyl (C=O) groups is 1. The second-order valence-corrected chi connectivity index (χ2v) is 6.08. The zero-order valence-electron chi connectivity index (χ0n) is 11.8. The fourth-order valence-corrected chi connectivity index (χ4v) is 2.00. The summed E-state index contributed by atoms with van der Waals surface area (Å²) in [5, 5.41) is 16.4. The number of rotatable bonds is 7. The maximum absolute atomic E-state index is 13.5. The maximum atomic E-state index is 13.5. The summed E-state index contributed by atoms with van der Waals surface area (Å²) in [4.78, 5) is 21.9. The summed E-state index contributed by atoms with van der Waals surface area (Å²) in [6.45, 7) is 4.74. The number of nitrogens with zero attached hydrogens (tertiary/aromatic N) is 1. The van der Waals surface area contributed by atoms with Crippen molar-refractivity contribution < 1.29 is 14.1 Å². The van der Waals surface area contributed by atoms with Gasteiger partial charge < -0.3 is 10.6 Å². The molecule has 0 saturated heterocycles. The molecule has 6 nitrogen and oxygen atoms in total. The summed E-state index contributed by atoms with van der Waals surface area (Å²) in [6.07, 6.45) is 0.164. The van der Waals surface area contributed by atoms with Crippen molar-refractivity contribution in [2.24, 2.45) is 5.92 Å². The molecular formula is C13H17FIN3O3. The van der Waals surface area contributed by atoms with Crippen molar-refractivity contribution in [3.05, 3.63) is 31.6 Å². The van der Waals surface area contributed by atoms with Crippen LogP contribution in [-0.4, -0.2) is 23.9 Å². The van der Waals surface area contributed by atoms with Crippen molar-refractivity contribution in [2.45, 2.75) is 20.3 Å². The van der Waals surface area contributed by atoms with Crippen LogP contribution in [0.25, 0.3) is 0 Å². The summed E-state index contributed by atoms with van der Waals surface area (Å²) < 4.78 is 13.6. The van der Waals surface area contributed by atoms with Crippen molar-refractivity contribution >= 4 is 39.9 Å². The first-order chi connectivity index (χ1) is 9.81. The molecule has 21 heavy (non-hydrogen) atoms. The minimum atomic E-state index is -0.581. The molecule has 0 spiro atoms. The van der Waals surface area contributed by atoms with Gasteiger partial charge in [0.05, 0.1) is 8.49 Å². The van der Waals surface area contributed by atoms with E-state index in [4.69, 9.17) is 0 Å². The topological polar surface area (TPSA) is 84.3 Å². The number of nitrogens with one attached hydrogen (secondary N) is 2. The van der Waals surface area contributed by atoms with Crippen LogP contribution in [0.15, 0.2) is 12.1 Å². The number of hydrogen-bond acceptors (Lipinski definition) is 4. The smallest absolute Gasteiger partial charge is 0.293 e. The standard InChI is InChI=1S/C13H17FIN3O3/c1-8(2)7-17-13(19)3-4-16-11-5-9(14)10(15)6-12(11)18(20)21/h5-6,8,16H,3-4,7H2,1-2H3,(H,17,19). The van der Waals surface area contributed by atoms with Gasteiger partial charge in [-0.15, -0.1) is 0 Å². The Morgan fingerprint density at radius 2 is 2.14 bits per heavy atom. The maximum Gasteiger partial charge on any atom is 0.293 e. The highest BCUT2D eigenvalue weighted by Crippen LogP contribution is 2.28. The number of nitro benzene ring substituents is 1. The number of nitro groups is 1. The number of amides is 1. The Hall–Kier alpha value is -1.45. The third-order valence-electron chi connectivity index (χ3n) is 2.61. The van der Waals surface area contributed by atoms with E-state index in [1.165, 1.54) is 0 Å². The number of benzene rings is 1. The molecule has 0 heterocycles. The second-order valence-electron chi connectivity index (χ2n) is 4.92. The third kappa shape index (κ3) is 5.82. The molecule has 116 valence electrons. The van der Waals surface area contributed by atoms with E-state index in [9.17, 15) is 19.3 Å². The van der Waals surface area contributed by atoms with Gasteiger partial charge in [0.1, 0.15) is 11.5 Å². The van der Waals surface area contributed by atoms with Crippen LogP contribution in [0.3, 0.4) is 0 Å². The van der Waals surface area contributed by atoms with Crippen LogP contribution in [0.2, 0.25) is 0 Å². The Labute approximate surface area is 135 Å². The molecule has 0 radical (unpaired) electrons. The van der Waals surface area contributed by atoms with Gasteiger partial charge in [0.15, 0.2) is 0 Å². The van der Waals surface area contributed by atoms with Crippen LogP contribution in [0.4, 0.5) is 15.8 Å². The molecule has 1 aromatic carbocycles. The highest BCUT2D eigenvalue weighted by atomic mass is 127. The van der Waals surface area contributed by atoms with Crippen LogP contribution in [0.5, 0.6) is 0 Å². The van der Waals surface area contributed by atoms with Crippen molar-refractivity contribution in [2.75, 3.05) is 18.4 Å². The SMILES string of the molecule is CC(C)CNC(=O)CCNc1cc(F)c(I)cc1[N+](=O)[O-]. The van der Waals surface area contributed by atoms with Crippen LogP contribution in [-0.2, 0) is 4.79 Å². The molecule has 0 bridgehead atoms. The van der Waals surface area contributed by atoms with Crippen molar-refractivity contribution in [1.29, 1.82) is 0 Å². The second kappa shape index (κ2) is 8.11. The molecule has 2 N–H and O–H groups in total. The summed E-state index contributed by atoms with van der Waals surface area (Å²) in [5.74, 6) is -0.328. The normalized spacial score (nSPS) is 10.5. The van der Waals surface area contributed by atoms with Gasteiger partial charge in [0.2, 0.25) is 5.91 Å². The number of carbonyl (C=O) groups excluding carboxylic acids is 1.